The number of phosphoric ester groups is 1. The van der Waals surface area contributed by atoms with Gasteiger partial charge < -0.3 is 18.9 Å². The van der Waals surface area contributed by atoms with Gasteiger partial charge in [0.1, 0.15) is 19.8 Å². The second-order valence-corrected chi connectivity index (χ2v) is 25.0. The van der Waals surface area contributed by atoms with E-state index in [2.05, 4.69) is 38.2 Å². The van der Waals surface area contributed by atoms with Crippen LogP contribution in [0, 0.1) is 0 Å². The molecule has 0 heterocycles. The van der Waals surface area contributed by atoms with Crippen LogP contribution in [-0.4, -0.2) is 74.9 Å². The Balaban J connectivity index is 3.77. The van der Waals surface area contributed by atoms with Gasteiger partial charge in [-0.05, 0) is 44.9 Å². The van der Waals surface area contributed by atoms with E-state index in [0.717, 1.165) is 44.9 Å². The molecule has 0 saturated carbocycles. The van der Waals surface area contributed by atoms with E-state index >= 15 is 0 Å². The first-order chi connectivity index (χ1) is 36.5. The zero-order valence-corrected chi connectivity index (χ0v) is 51.5. The molecule has 0 spiro atoms. The van der Waals surface area contributed by atoms with Gasteiger partial charge >= 0.3 is 19.8 Å². The fraction of sp³-hybridized carbons (Fsp3) is 0.908. The summed E-state index contributed by atoms with van der Waals surface area (Å²) in [6, 6.07) is 0. The van der Waals surface area contributed by atoms with Crippen LogP contribution in [-0.2, 0) is 32.7 Å². The maximum Gasteiger partial charge on any atom is 0.472 e. The number of unbranched alkanes of at least 4 members (excludes halogenated alkanes) is 43. The number of likely N-dealkylation sites (N-methyl/N-ethyl adjacent to an activating group) is 1. The summed E-state index contributed by atoms with van der Waals surface area (Å²) in [5.74, 6) is -0.782. The molecule has 1 N–H and O–H groups in total. The predicted octanol–water partition coefficient (Wildman–Crippen LogP) is 20.5. The van der Waals surface area contributed by atoms with E-state index in [0.29, 0.717) is 17.4 Å². The van der Waals surface area contributed by atoms with Crippen LogP contribution in [0.5, 0.6) is 0 Å². The van der Waals surface area contributed by atoms with Crippen molar-refractivity contribution in [3.05, 3.63) is 24.3 Å². The van der Waals surface area contributed by atoms with Gasteiger partial charge in [-0.15, -0.1) is 0 Å². The van der Waals surface area contributed by atoms with Crippen LogP contribution >= 0.6 is 7.82 Å². The Morgan fingerprint density at radius 1 is 0.413 bits per heavy atom. The van der Waals surface area contributed by atoms with Gasteiger partial charge in [0.15, 0.2) is 6.10 Å². The topological polar surface area (TPSA) is 108 Å². The van der Waals surface area contributed by atoms with Gasteiger partial charge in [-0.1, -0.05) is 295 Å². The molecule has 10 heteroatoms. The Bertz CT molecular complexity index is 1320. The van der Waals surface area contributed by atoms with E-state index in [1.54, 1.807) is 0 Å². The van der Waals surface area contributed by atoms with Gasteiger partial charge in [-0.3, -0.25) is 18.6 Å². The zero-order valence-electron chi connectivity index (χ0n) is 50.6. The molecule has 9 nitrogen and oxygen atoms in total. The molecule has 0 rings (SSSR count). The number of esters is 2. The maximum absolute atomic E-state index is 12.8. The fourth-order valence-corrected chi connectivity index (χ4v) is 10.4. The predicted molar refractivity (Wildman–Crippen MR) is 321 cm³/mol. The highest BCUT2D eigenvalue weighted by atomic mass is 31.2. The fourth-order valence-electron chi connectivity index (χ4n) is 9.70. The molecule has 444 valence electrons. The summed E-state index contributed by atoms with van der Waals surface area (Å²) in [7, 11) is 1.50. The van der Waals surface area contributed by atoms with Crippen LogP contribution in [0.3, 0.4) is 0 Å². The quantitative estimate of drug-likeness (QED) is 0.0211. The van der Waals surface area contributed by atoms with E-state index in [1.807, 2.05) is 21.1 Å². The smallest absolute Gasteiger partial charge is 0.462 e. The first-order valence-corrected chi connectivity index (χ1v) is 34.1. The molecule has 0 saturated heterocycles. The van der Waals surface area contributed by atoms with Crippen LogP contribution < -0.4 is 0 Å². The van der Waals surface area contributed by atoms with E-state index in [9.17, 15) is 19.0 Å². The molecule has 75 heavy (non-hydrogen) atoms. The Kier molecular flexibility index (Phi) is 56.0. The highest BCUT2D eigenvalue weighted by molar-refractivity contribution is 7.47. The van der Waals surface area contributed by atoms with Crippen molar-refractivity contribution in [1.82, 2.24) is 0 Å². The van der Waals surface area contributed by atoms with Gasteiger partial charge in [0, 0.05) is 12.8 Å². The minimum Gasteiger partial charge on any atom is -0.462 e. The molecule has 2 atom stereocenters. The van der Waals surface area contributed by atoms with Gasteiger partial charge in [-0.25, -0.2) is 4.57 Å². The highest BCUT2D eigenvalue weighted by Crippen LogP contribution is 2.43. The molecule has 2 unspecified atom stereocenters. The average Bonchev–Trinajstić information content (AvgIpc) is 3.37. The molecule has 0 aliphatic carbocycles. The summed E-state index contributed by atoms with van der Waals surface area (Å²) in [5.41, 5.74) is 0. The monoisotopic (exact) mass is 1080 g/mol. The van der Waals surface area contributed by atoms with Gasteiger partial charge in [0.25, 0.3) is 0 Å². The Morgan fingerprint density at radius 2 is 0.720 bits per heavy atom. The van der Waals surface area contributed by atoms with E-state index in [1.165, 1.54) is 257 Å². The zero-order chi connectivity index (χ0) is 54.9. The van der Waals surface area contributed by atoms with Crippen LogP contribution in [0.2, 0.25) is 0 Å². The van der Waals surface area contributed by atoms with Crippen molar-refractivity contribution in [2.75, 3.05) is 47.5 Å². The third-order valence-electron chi connectivity index (χ3n) is 14.7. The van der Waals surface area contributed by atoms with Crippen molar-refractivity contribution in [1.29, 1.82) is 0 Å². The molecule has 0 aromatic heterocycles. The number of hydrogen-bond acceptors (Lipinski definition) is 7. The van der Waals surface area contributed by atoms with Crippen LogP contribution in [0.1, 0.15) is 328 Å². The lowest BCUT2D eigenvalue weighted by Gasteiger charge is -2.24. The van der Waals surface area contributed by atoms with Crippen LogP contribution in [0.4, 0.5) is 0 Å². The summed E-state index contributed by atoms with van der Waals surface area (Å²) >= 11 is 0. The average molecular weight is 1080 g/mol. The molecule has 0 fully saturated rings. The summed E-state index contributed by atoms with van der Waals surface area (Å²) in [5, 5.41) is 0. The van der Waals surface area contributed by atoms with E-state index < -0.39 is 26.5 Å². The number of allylic oxidation sites excluding steroid dienone is 4. The lowest BCUT2D eigenvalue weighted by atomic mass is 10.0. The van der Waals surface area contributed by atoms with Crippen LogP contribution in [0.25, 0.3) is 0 Å². The number of hydrogen-bond donors (Lipinski definition) is 1. The van der Waals surface area contributed by atoms with Crippen molar-refractivity contribution in [2.45, 2.75) is 335 Å². The third-order valence-corrected chi connectivity index (χ3v) is 15.7. The molecule has 0 aromatic carbocycles. The van der Waals surface area contributed by atoms with Gasteiger partial charge in [-0.2, -0.15) is 0 Å². The second kappa shape index (κ2) is 57.2. The largest absolute Gasteiger partial charge is 0.472 e. The minimum atomic E-state index is -4.37. The number of ether oxygens (including phenoxy) is 2. The number of carbonyl (C=O) groups is 2. The normalized spacial score (nSPS) is 13.3. The molecular weight excluding hydrogens is 954 g/mol. The SMILES string of the molecule is CCCCCCC/C=C\C/C=C\CCCCCCCCCCCCCCCCCCCCCCCCCCCCCCCC(=O)OC(COC(=O)CCCCCCCCCCCC)COP(=O)(O)OCC[N+](C)(C)C. The van der Waals surface area contributed by atoms with Crippen LogP contribution in [0.15, 0.2) is 24.3 Å². The summed E-state index contributed by atoms with van der Waals surface area (Å²) < 4.78 is 34.5. The summed E-state index contributed by atoms with van der Waals surface area (Å²) in [6.45, 7) is 4.45. The first kappa shape index (κ1) is 73.5. The Morgan fingerprint density at radius 3 is 1.05 bits per heavy atom. The van der Waals surface area contributed by atoms with E-state index in [4.69, 9.17) is 18.5 Å². The number of phosphoric acid groups is 1. The standard InChI is InChI=1S/C65H126NO8P/c1-6-8-10-12-14-16-18-19-20-21-22-23-24-25-26-27-28-29-30-31-32-33-34-35-36-37-38-39-40-41-42-43-44-45-46-47-48-50-52-54-56-58-65(68)74-63(62-73-75(69,70)72-60-59-66(3,4)5)61-71-64(67)57-55-53-51-49-17-15-13-11-9-7-2/h18-19,21-22,63H,6-17,20,23-62H2,1-5H3/p+1/b19-18-,22-21-. The van der Waals surface area contributed by atoms with Crippen molar-refractivity contribution in [2.24, 2.45) is 0 Å². The van der Waals surface area contributed by atoms with Crippen molar-refractivity contribution in [3.8, 4) is 0 Å². The third kappa shape index (κ3) is 61.6. The van der Waals surface area contributed by atoms with Gasteiger partial charge in [0.05, 0.1) is 27.7 Å². The van der Waals surface area contributed by atoms with Gasteiger partial charge in [0.2, 0.25) is 0 Å². The molecular formula is C65H127NO8P+. The lowest BCUT2D eigenvalue weighted by Crippen LogP contribution is -2.37. The highest BCUT2D eigenvalue weighted by Gasteiger charge is 2.27. The molecule has 0 radical (unpaired) electrons. The maximum atomic E-state index is 12.8. The first-order valence-electron chi connectivity index (χ1n) is 32.6. The molecule has 0 aliphatic heterocycles. The Hall–Kier alpha value is -1.51. The number of quaternary nitrogens is 1. The van der Waals surface area contributed by atoms with Crippen molar-refractivity contribution < 1.29 is 42.1 Å². The second-order valence-electron chi connectivity index (χ2n) is 23.5. The molecule has 0 aromatic rings. The summed E-state index contributed by atoms with van der Waals surface area (Å²) in [6.07, 6.45) is 70.3. The number of nitrogens with zero attached hydrogens (tertiary/aromatic N) is 1. The van der Waals surface area contributed by atoms with Crippen molar-refractivity contribution >= 4 is 19.8 Å². The minimum absolute atomic E-state index is 0.0359. The molecule has 0 amide bonds. The molecule has 0 aliphatic rings. The number of carbonyl (C=O) groups excluding carboxylic acids is 2. The number of rotatable bonds is 61. The lowest BCUT2D eigenvalue weighted by molar-refractivity contribution is -0.870. The van der Waals surface area contributed by atoms with E-state index in [-0.39, 0.29) is 25.6 Å². The molecule has 0 bridgehead atoms. The summed E-state index contributed by atoms with van der Waals surface area (Å²) in [4.78, 5) is 35.5. The Labute approximate surface area is 466 Å². The van der Waals surface area contributed by atoms with Crippen molar-refractivity contribution in [3.63, 3.8) is 0 Å².